The average Bonchev–Trinajstić information content (AvgIpc) is 2.95. The molecule has 4 rings (SSSR count). The number of aliphatic hydroxyl groups excluding tert-OH is 1. The highest BCUT2D eigenvalue weighted by atomic mass is 16.5. The van der Waals surface area contributed by atoms with E-state index >= 15 is 0 Å². The van der Waals surface area contributed by atoms with Crippen LogP contribution in [0.4, 0.5) is 0 Å². The molecule has 2 heteroatoms. The lowest BCUT2D eigenvalue weighted by Gasteiger charge is -2.53. The molecule has 4 saturated carbocycles. The van der Waals surface area contributed by atoms with Crippen LogP contribution in [-0.2, 0) is 0 Å². The highest BCUT2D eigenvalue weighted by Crippen LogP contribution is 2.58. The van der Waals surface area contributed by atoms with Gasteiger partial charge in [0, 0.05) is 7.26 Å². The van der Waals surface area contributed by atoms with E-state index in [1.807, 2.05) is 0 Å². The quantitative estimate of drug-likeness (QED) is 0.720. The van der Waals surface area contributed by atoms with E-state index in [0.29, 0.717) is 18.8 Å². The van der Waals surface area contributed by atoms with Crippen LogP contribution in [0.25, 0.3) is 0 Å². The largest absolute Gasteiger partial charge is 0.368 e. The van der Waals surface area contributed by atoms with Crippen LogP contribution in [0, 0.1) is 41.4 Å². The predicted octanol–water partition coefficient (Wildman–Crippen LogP) is 3.57. The van der Waals surface area contributed by atoms with Crippen LogP contribution >= 0.6 is 0 Å². The molecule has 0 spiro atoms. The summed E-state index contributed by atoms with van der Waals surface area (Å²) in [4.78, 5) is 0. The topological polar surface area (TPSA) is 40.5 Å². The number of fused-ring (bicyclic) bond motifs is 5. The van der Waals surface area contributed by atoms with E-state index in [-0.39, 0.29) is 0 Å². The summed E-state index contributed by atoms with van der Waals surface area (Å²) < 4.78 is 8.35. The van der Waals surface area contributed by atoms with Crippen LogP contribution in [0.3, 0.4) is 0 Å². The van der Waals surface area contributed by atoms with Crippen molar-refractivity contribution in [1.29, 1.82) is 0 Å². The highest BCUT2D eigenvalue weighted by molar-refractivity contribution is 4.99. The summed E-state index contributed by atoms with van der Waals surface area (Å²) in [5.74, 6) is 4.27. The number of hydrogen-bond acceptors (Lipinski definition) is 2. The summed E-state index contributed by atoms with van der Waals surface area (Å²) in [5.41, 5.74) is 0. The minimum absolute atomic E-state index is 0.581. The summed E-state index contributed by atoms with van der Waals surface area (Å²) in [6, 6.07) is 0. The first-order valence-electron chi connectivity index (χ1n) is 9.44. The SMILES string of the molecule is [2H]C1(C(O)O)CC[C@H]2C(CC[C@H]3[C@@H]4CCC[C@H]4CC[C@@H]32)C1. The van der Waals surface area contributed by atoms with Gasteiger partial charge >= 0.3 is 0 Å². The van der Waals surface area contributed by atoms with Gasteiger partial charge < -0.3 is 10.2 Å². The normalized spacial score (nSPS) is 55.9. The Kier molecular flexibility index (Phi) is 3.29. The van der Waals surface area contributed by atoms with Crippen molar-refractivity contribution in [1.82, 2.24) is 0 Å². The highest BCUT2D eigenvalue weighted by Gasteiger charge is 2.49. The zero-order valence-electron chi connectivity index (χ0n) is 13.5. The Morgan fingerprint density at radius 1 is 0.700 bits per heavy atom. The third-order valence-electron chi connectivity index (χ3n) is 7.40. The van der Waals surface area contributed by atoms with Crippen molar-refractivity contribution >= 4 is 0 Å². The molecule has 2 unspecified atom stereocenters. The van der Waals surface area contributed by atoms with Gasteiger partial charge in [-0.1, -0.05) is 12.8 Å². The molecule has 0 saturated heterocycles. The number of hydrogen-bond donors (Lipinski definition) is 2. The second kappa shape index (κ2) is 5.28. The average molecular weight is 279 g/mol. The van der Waals surface area contributed by atoms with Gasteiger partial charge in [-0.05, 0) is 86.9 Å². The molecule has 0 amide bonds. The first-order chi connectivity index (χ1) is 10.1. The number of rotatable bonds is 1. The van der Waals surface area contributed by atoms with Crippen molar-refractivity contribution in [3.63, 3.8) is 0 Å². The van der Waals surface area contributed by atoms with E-state index in [1.54, 1.807) is 0 Å². The second-order valence-electron chi connectivity index (χ2n) is 8.04. The van der Waals surface area contributed by atoms with Crippen molar-refractivity contribution in [2.24, 2.45) is 41.4 Å². The van der Waals surface area contributed by atoms with E-state index in [0.717, 1.165) is 36.0 Å². The molecule has 0 aliphatic heterocycles. The summed E-state index contributed by atoms with van der Waals surface area (Å²) in [7, 11) is 0. The molecular formula is C18H30O2. The molecule has 4 aliphatic rings. The lowest BCUT2D eigenvalue weighted by atomic mass is 9.53. The zero-order valence-corrected chi connectivity index (χ0v) is 12.5. The summed E-state index contributed by atoms with van der Waals surface area (Å²) in [6.45, 7) is 0. The number of aliphatic hydroxyl groups is 2. The Bertz CT molecular complexity index is 399. The molecule has 0 bridgehead atoms. The standard InChI is InChI=1S/C18H30O2/c19-18(20)13-6-7-15-12(10-13)5-9-16-14-3-1-2-11(14)4-8-17(15)16/h11-20H,1-10H2/t11-,12?,13?,14+,15-,16-,17+/m0/s1/i13D. The molecule has 114 valence electrons. The van der Waals surface area contributed by atoms with Gasteiger partial charge in [0.1, 0.15) is 0 Å². The van der Waals surface area contributed by atoms with Crippen molar-refractivity contribution < 1.29 is 11.6 Å². The summed E-state index contributed by atoms with van der Waals surface area (Å²) in [5, 5.41) is 19.1. The smallest absolute Gasteiger partial charge is 0.154 e. The Morgan fingerprint density at radius 2 is 1.35 bits per heavy atom. The fourth-order valence-corrected chi connectivity index (χ4v) is 6.58. The molecular weight excluding hydrogens is 248 g/mol. The molecule has 0 radical (unpaired) electrons. The van der Waals surface area contributed by atoms with E-state index in [4.69, 9.17) is 1.37 Å². The van der Waals surface area contributed by atoms with Crippen LogP contribution in [0.2, 0.25) is 0 Å². The Labute approximate surface area is 124 Å². The van der Waals surface area contributed by atoms with Crippen molar-refractivity contribution in [3.8, 4) is 0 Å². The van der Waals surface area contributed by atoms with Gasteiger partial charge in [0.25, 0.3) is 0 Å². The minimum Gasteiger partial charge on any atom is -0.368 e. The predicted molar refractivity (Wildman–Crippen MR) is 78.8 cm³/mol. The summed E-state index contributed by atoms with van der Waals surface area (Å²) in [6.07, 6.45) is 10.9. The lowest BCUT2D eigenvalue weighted by molar-refractivity contribution is -0.118. The first kappa shape index (κ1) is 12.5. The fourth-order valence-electron chi connectivity index (χ4n) is 6.58. The lowest BCUT2D eigenvalue weighted by Crippen LogP contribution is -2.45. The van der Waals surface area contributed by atoms with E-state index in [1.165, 1.54) is 44.9 Å². The van der Waals surface area contributed by atoms with Crippen LogP contribution in [0.15, 0.2) is 0 Å². The van der Waals surface area contributed by atoms with Gasteiger partial charge in [-0.25, -0.2) is 0 Å². The Morgan fingerprint density at radius 3 is 2.10 bits per heavy atom. The molecule has 0 aromatic carbocycles. The molecule has 4 fully saturated rings. The van der Waals surface area contributed by atoms with Gasteiger partial charge in [-0.3, -0.25) is 0 Å². The maximum absolute atomic E-state index is 9.55. The molecule has 4 aliphatic carbocycles. The second-order valence-corrected chi connectivity index (χ2v) is 8.04. The van der Waals surface area contributed by atoms with Crippen LogP contribution in [-0.4, -0.2) is 16.5 Å². The van der Waals surface area contributed by atoms with E-state index < -0.39 is 12.2 Å². The maximum atomic E-state index is 9.55. The molecule has 2 N–H and O–H groups in total. The van der Waals surface area contributed by atoms with Crippen LogP contribution < -0.4 is 0 Å². The van der Waals surface area contributed by atoms with Crippen molar-refractivity contribution in [3.05, 3.63) is 0 Å². The van der Waals surface area contributed by atoms with Crippen molar-refractivity contribution in [2.75, 3.05) is 0 Å². The minimum atomic E-state index is -1.46. The molecule has 0 aromatic heterocycles. The molecule has 0 heterocycles. The van der Waals surface area contributed by atoms with Gasteiger partial charge in [-0.15, -0.1) is 0 Å². The van der Waals surface area contributed by atoms with Gasteiger partial charge in [0.15, 0.2) is 6.29 Å². The van der Waals surface area contributed by atoms with Gasteiger partial charge in [-0.2, -0.15) is 0 Å². The summed E-state index contributed by atoms with van der Waals surface area (Å²) >= 11 is 0. The van der Waals surface area contributed by atoms with Crippen molar-refractivity contribution in [2.45, 2.75) is 70.5 Å². The Balaban J connectivity index is 1.50. The third-order valence-corrected chi connectivity index (χ3v) is 7.40. The third kappa shape index (κ3) is 2.14. The van der Waals surface area contributed by atoms with E-state index in [2.05, 4.69) is 0 Å². The van der Waals surface area contributed by atoms with Crippen LogP contribution in [0.1, 0.15) is 65.6 Å². The molecule has 7 atom stereocenters. The first-order valence-corrected chi connectivity index (χ1v) is 8.94. The zero-order chi connectivity index (χ0) is 14.6. The maximum Gasteiger partial charge on any atom is 0.154 e. The van der Waals surface area contributed by atoms with E-state index in [9.17, 15) is 10.2 Å². The van der Waals surface area contributed by atoms with Crippen LogP contribution in [0.5, 0.6) is 0 Å². The van der Waals surface area contributed by atoms with Gasteiger partial charge in [0.05, 0.1) is 0 Å². The molecule has 20 heavy (non-hydrogen) atoms. The molecule has 0 aromatic rings. The monoisotopic (exact) mass is 279 g/mol. The molecule has 2 nitrogen and oxygen atoms in total. The van der Waals surface area contributed by atoms with Gasteiger partial charge in [0.2, 0.25) is 0 Å². The Hall–Kier alpha value is -0.0800. The fraction of sp³-hybridized carbons (Fsp3) is 1.00.